The van der Waals surface area contributed by atoms with E-state index < -0.39 is 0 Å². The van der Waals surface area contributed by atoms with Crippen molar-refractivity contribution in [1.82, 2.24) is 4.90 Å². The van der Waals surface area contributed by atoms with Crippen molar-refractivity contribution in [2.24, 2.45) is 11.7 Å². The number of unbranched alkanes of at least 4 members (excludes halogenated alkanes) is 1. The van der Waals surface area contributed by atoms with E-state index in [9.17, 15) is 4.79 Å². The molecule has 1 fully saturated rings. The fourth-order valence-corrected chi connectivity index (χ4v) is 3.72. The van der Waals surface area contributed by atoms with Gasteiger partial charge in [0.1, 0.15) is 11.3 Å². The van der Waals surface area contributed by atoms with Crippen molar-refractivity contribution in [3.8, 4) is 0 Å². The van der Waals surface area contributed by atoms with Crippen molar-refractivity contribution in [1.29, 1.82) is 0 Å². The lowest BCUT2D eigenvalue weighted by atomic mass is 9.93. The van der Waals surface area contributed by atoms with Gasteiger partial charge in [0.25, 0.3) is 0 Å². The smallest absolute Gasteiger partial charge is 0.217 e. The van der Waals surface area contributed by atoms with Crippen molar-refractivity contribution in [2.45, 2.75) is 52.0 Å². The molecule has 0 unspecified atom stereocenters. The van der Waals surface area contributed by atoms with Crippen LogP contribution in [0.2, 0.25) is 0 Å². The van der Waals surface area contributed by atoms with Gasteiger partial charge in [-0.15, -0.1) is 0 Å². The number of rotatable bonds is 7. The molecule has 4 heteroatoms. The van der Waals surface area contributed by atoms with Gasteiger partial charge in [0, 0.05) is 30.3 Å². The zero-order valence-corrected chi connectivity index (χ0v) is 14.6. The van der Waals surface area contributed by atoms with E-state index in [1.54, 1.807) is 0 Å². The van der Waals surface area contributed by atoms with E-state index in [-0.39, 0.29) is 5.91 Å². The van der Waals surface area contributed by atoms with E-state index in [0.29, 0.717) is 12.3 Å². The Morgan fingerprint density at radius 1 is 1.29 bits per heavy atom. The number of benzene rings is 1. The first kappa shape index (κ1) is 17.0. The molecule has 3 rings (SSSR count). The first-order valence-electron chi connectivity index (χ1n) is 9.17. The number of aryl methyl sites for hydroxylation is 1. The number of likely N-dealkylation sites (tertiary alicyclic amines) is 1. The Morgan fingerprint density at radius 2 is 2.04 bits per heavy atom. The van der Waals surface area contributed by atoms with Crippen LogP contribution in [0.3, 0.4) is 0 Å². The number of carbonyl (C=O) groups is 1. The second kappa shape index (κ2) is 7.84. The molecule has 130 valence electrons. The van der Waals surface area contributed by atoms with E-state index >= 15 is 0 Å². The Hall–Kier alpha value is -1.81. The summed E-state index contributed by atoms with van der Waals surface area (Å²) in [7, 11) is 0. The van der Waals surface area contributed by atoms with Crippen LogP contribution in [0.1, 0.15) is 50.4 Å². The normalized spacial score (nSPS) is 16.7. The van der Waals surface area contributed by atoms with Crippen LogP contribution in [-0.4, -0.2) is 23.9 Å². The number of primary amides is 1. The highest BCUT2D eigenvalue weighted by atomic mass is 16.3. The highest BCUT2D eigenvalue weighted by Gasteiger charge is 2.23. The summed E-state index contributed by atoms with van der Waals surface area (Å²) >= 11 is 0. The summed E-state index contributed by atoms with van der Waals surface area (Å²) in [4.78, 5) is 13.6. The van der Waals surface area contributed by atoms with Gasteiger partial charge in [-0.2, -0.15) is 0 Å². The second-order valence-corrected chi connectivity index (χ2v) is 6.99. The quantitative estimate of drug-likeness (QED) is 0.839. The Morgan fingerprint density at radius 3 is 2.75 bits per heavy atom. The van der Waals surface area contributed by atoms with Crippen LogP contribution in [-0.2, 0) is 17.8 Å². The molecule has 1 aliphatic heterocycles. The molecule has 2 aromatic rings. The molecule has 1 aliphatic rings. The molecular weight excluding hydrogens is 300 g/mol. The summed E-state index contributed by atoms with van der Waals surface area (Å²) in [6.07, 6.45) is 6.00. The number of nitrogens with two attached hydrogens (primary N) is 1. The van der Waals surface area contributed by atoms with E-state index in [1.807, 2.05) is 6.07 Å². The highest BCUT2D eigenvalue weighted by molar-refractivity contribution is 5.82. The fourth-order valence-electron chi connectivity index (χ4n) is 3.72. The molecular formula is C20H28N2O2. The predicted molar refractivity (Wildman–Crippen MR) is 96.6 cm³/mol. The third-order valence-electron chi connectivity index (χ3n) is 5.12. The van der Waals surface area contributed by atoms with Crippen LogP contribution >= 0.6 is 0 Å². The lowest BCUT2D eigenvalue weighted by Crippen LogP contribution is -2.34. The molecule has 0 atom stereocenters. The third-order valence-corrected chi connectivity index (χ3v) is 5.12. The van der Waals surface area contributed by atoms with Gasteiger partial charge in [0.15, 0.2) is 0 Å². The zero-order chi connectivity index (χ0) is 16.9. The van der Waals surface area contributed by atoms with E-state index in [4.69, 9.17) is 10.2 Å². The second-order valence-electron chi connectivity index (χ2n) is 6.99. The number of hydrogen-bond acceptors (Lipinski definition) is 3. The topological polar surface area (TPSA) is 59.5 Å². The SMILES string of the molecule is CCCCc1oc2ccccc2c1CN1CCC(CC(N)=O)CC1. The van der Waals surface area contributed by atoms with Gasteiger partial charge in [-0.25, -0.2) is 0 Å². The Bertz CT molecular complexity index is 684. The molecule has 24 heavy (non-hydrogen) atoms. The molecule has 1 saturated heterocycles. The maximum Gasteiger partial charge on any atom is 0.217 e. The monoisotopic (exact) mass is 328 g/mol. The minimum Gasteiger partial charge on any atom is -0.461 e. The minimum absolute atomic E-state index is 0.170. The van der Waals surface area contributed by atoms with Gasteiger partial charge in [0.2, 0.25) is 5.91 Å². The van der Waals surface area contributed by atoms with E-state index in [2.05, 4.69) is 30.0 Å². The van der Waals surface area contributed by atoms with E-state index in [1.165, 1.54) is 17.4 Å². The molecule has 1 amide bonds. The number of fused-ring (bicyclic) bond motifs is 1. The van der Waals surface area contributed by atoms with Crippen molar-refractivity contribution >= 4 is 16.9 Å². The van der Waals surface area contributed by atoms with Crippen LogP contribution in [0.15, 0.2) is 28.7 Å². The number of para-hydroxylation sites is 1. The first-order valence-corrected chi connectivity index (χ1v) is 9.17. The molecule has 0 aliphatic carbocycles. The molecule has 0 radical (unpaired) electrons. The van der Waals surface area contributed by atoms with Crippen LogP contribution < -0.4 is 5.73 Å². The molecule has 0 bridgehead atoms. The van der Waals surface area contributed by atoms with Crippen molar-refractivity contribution < 1.29 is 9.21 Å². The van der Waals surface area contributed by atoms with Gasteiger partial charge >= 0.3 is 0 Å². The fraction of sp³-hybridized carbons (Fsp3) is 0.550. The first-order chi connectivity index (χ1) is 11.7. The minimum atomic E-state index is -0.170. The summed E-state index contributed by atoms with van der Waals surface area (Å²) in [5.41, 5.74) is 7.69. The molecule has 2 heterocycles. The van der Waals surface area contributed by atoms with Crippen LogP contribution in [0, 0.1) is 5.92 Å². The lowest BCUT2D eigenvalue weighted by molar-refractivity contribution is -0.119. The highest BCUT2D eigenvalue weighted by Crippen LogP contribution is 2.30. The summed E-state index contributed by atoms with van der Waals surface area (Å²) < 4.78 is 6.13. The van der Waals surface area contributed by atoms with Gasteiger partial charge in [0.05, 0.1) is 0 Å². The summed E-state index contributed by atoms with van der Waals surface area (Å²) in [5, 5.41) is 1.25. The van der Waals surface area contributed by atoms with Crippen molar-refractivity contribution in [3.63, 3.8) is 0 Å². The predicted octanol–water partition coefficient (Wildman–Crippen LogP) is 3.86. The summed E-state index contributed by atoms with van der Waals surface area (Å²) in [6, 6.07) is 8.36. The molecule has 0 saturated carbocycles. The lowest BCUT2D eigenvalue weighted by Gasteiger charge is -2.31. The summed E-state index contributed by atoms with van der Waals surface area (Å²) in [6.45, 7) is 5.22. The van der Waals surface area contributed by atoms with Gasteiger partial charge < -0.3 is 10.2 Å². The van der Waals surface area contributed by atoms with Crippen LogP contribution in [0.4, 0.5) is 0 Å². The third kappa shape index (κ3) is 3.99. The number of amides is 1. The van der Waals surface area contributed by atoms with Gasteiger partial charge in [-0.3, -0.25) is 9.69 Å². The maximum absolute atomic E-state index is 11.1. The molecule has 0 spiro atoms. The number of nitrogens with zero attached hydrogens (tertiary/aromatic N) is 1. The van der Waals surface area contributed by atoms with Gasteiger partial charge in [-0.1, -0.05) is 31.5 Å². The maximum atomic E-state index is 11.1. The van der Waals surface area contributed by atoms with Crippen LogP contribution in [0.25, 0.3) is 11.0 Å². The Labute approximate surface area is 144 Å². The zero-order valence-electron chi connectivity index (χ0n) is 14.6. The average molecular weight is 328 g/mol. The molecule has 4 nitrogen and oxygen atoms in total. The Kier molecular flexibility index (Phi) is 5.56. The number of carbonyl (C=O) groups excluding carboxylic acids is 1. The molecule has 1 aromatic heterocycles. The largest absolute Gasteiger partial charge is 0.461 e. The standard InChI is InChI=1S/C20H28N2O2/c1-2-3-7-19-17(16-6-4-5-8-18(16)24-19)14-22-11-9-15(10-12-22)13-20(21)23/h4-6,8,15H,2-3,7,9-14H2,1H3,(H2,21,23). The molecule has 2 N–H and O–H groups in total. The molecule has 1 aromatic carbocycles. The van der Waals surface area contributed by atoms with Crippen LogP contribution in [0.5, 0.6) is 0 Å². The number of piperidine rings is 1. The van der Waals surface area contributed by atoms with Crippen molar-refractivity contribution in [2.75, 3.05) is 13.1 Å². The Balaban J connectivity index is 1.71. The average Bonchev–Trinajstić information content (AvgIpc) is 2.92. The number of furan rings is 1. The number of hydrogen-bond donors (Lipinski definition) is 1. The van der Waals surface area contributed by atoms with Gasteiger partial charge in [-0.05, 0) is 44.3 Å². The van der Waals surface area contributed by atoms with E-state index in [0.717, 1.165) is 56.7 Å². The van der Waals surface area contributed by atoms with Crippen molar-refractivity contribution in [3.05, 3.63) is 35.6 Å². The summed E-state index contributed by atoms with van der Waals surface area (Å²) in [5.74, 6) is 1.44.